The lowest BCUT2D eigenvalue weighted by molar-refractivity contribution is -0.137. The van der Waals surface area contributed by atoms with Crippen LogP contribution < -0.4 is 0 Å². The van der Waals surface area contributed by atoms with Crippen LogP contribution in [0, 0.1) is 39.0 Å². The van der Waals surface area contributed by atoms with Gasteiger partial charge in [-0.2, -0.15) is 18.4 Å². The zero-order valence-electron chi connectivity index (χ0n) is 40.1. The molecule has 6 heteroatoms. The summed E-state index contributed by atoms with van der Waals surface area (Å²) in [6.45, 7) is 8.29. The maximum absolute atomic E-state index is 14.7. The van der Waals surface area contributed by atoms with Crippen LogP contribution in [0.3, 0.4) is 0 Å². The predicted octanol–water partition coefficient (Wildman–Crippen LogP) is 18.3. The number of halogens is 3. The molecule has 0 atom stereocenters. The van der Waals surface area contributed by atoms with Gasteiger partial charge in [0.25, 0.3) is 0 Å². The van der Waals surface area contributed by atoms with Gasteiger partial charge in [-0.15, -0.1) is 0 Å². The number of nitrogens with zero attached hydrogens (tertiary/aromatic N) is 3. The molecule has 12 aromatic rings. The standard InChI is InChI=1S/C66H46F3N3/c1-40-8-16-44(17-9-40)48-24-28-60-56(33-48)57-34-49(45-18-10-41(2)11-19-45)25-29-61(57)71(60)64-38-55(52-6-5-7-54(32-52)66(67,68)69)65(37-53(64)39-70)72-62-30-26-50(46-20-12-42(3)13-21-46)35-58(62)59-36-51(27-31-63(59)72)47-22-14-43(4)15-23-47/h5-38H,1-4H3. The minimum absolute atomic E-state index is 0.368. The lowest BCUT2D eigenvalue weighted by atomic mass is 9.97. The van der Waals surface area contributed by atoms with Gasteiger partial charge in [0.1, 0.15) is 6.07 Å². The topological polar surface area (TPSA) is 33.6 Å². The fourth-order valence-electron chi connectivity index (χ4n) is 10.4. The van der Waals surface area contributed by atoms with Crippen molar-refractivity contribution < 1.29 is 13.2 Å². The number of alkyl halides is 3. The van der Waals surface area contributed by atoms with Crippen molar-refractivity contribution >= 4 is 43.6 Å². The predicted molar refractivity (Wildman–Crippen MR) is 291 cm³/mol. The van der Waals surface area contributed by atoms with Gasteiger partial charge in [-0.3, -0.25) is 0 Å². The molecule has 0 aliphatic rings. The zero-order valence-corrected chi connectivity index (χ0v) is 40.1. The van der Waals surface area contributed by atoms with E-state index in [-0.39, 0.29) is 0 Å². The average Bonchev–Trinajstić information content (AvgIpc) is 3.90. The number of fused-ring (bicyclic) bond motifs is 6. The summed E-state index contributed by atoms with van der Waals surface area (Å²) >= 11 is 0. The molecule has 0 radical (unpaired) electrons. The summed E-state index contributed by atoms with van der Waals surface area (Å²) in [5.41, 5.74) is 18.3. The lowest BCUT2D eigenvalue weighted by Crippen LogP contribution is -2.06. The molecule has 2 aromatic heterocycles. The van der Waals surface area contributed by atoms with Gasteiger partial charge in [-0.05, 0) is 151 Å². The highest BCUT2D eigenvalue weighted by molar-refractivity contribution is 6.14. The Morgan fingerprint density at radius 1 is 0.347 bits per heavy atom. The Balaban J connectivity index is 1.15. The molecular formula is C66H46F3N3. The number of rotatable bonds is 7. The average molecular weight is 938 g/mol. The first-order chi connectivity index (χ1) is 34.9. The van der Waals surface area contributed by atoms with E-state index in [0.717, 1.165) is 105 Å². The quantitative estimate of drug-likeness (QED) is 0.157. The monoisotopic (exact) mass is 937 g/mol. The molecule has 0 aliphatic heterocycles. The third kappa shape index (κ3) is 7.71. The van der Waals surface area contributed by atoms with Crippen LogP contribution in [0.4, 0.5) is 13.2 Å². The Kier molecular flexibility index (Phi) is 10.6. The second kappa shape index (κ2) is 17.2. The smallest absolute Gasteiger partial charge is 0.309 e. The molecular weight excluding hydrogens is 892 g/mol. The minimum Gasteiger partial charge on any atom is -0.309 e. The molecule has 0 saturated heterocycles. The van der Waals surface area contributed by atoms with E-state index in [1.54, 1.807) is 6.07 Å². The summed E-state index contributed by atoms with van der Waals surface area (Å²) in [5, 5.41) is 15.3. The van der Waals surface area contributed by atoms with E-state index < -0.39 is 11.7 Å². The maximum atomic E-state index is 14.7. The van der Waals surface area contributed by atoms with Crippen molar-refractivity contribution in [1.29, 1.82) is 5.26 Å². The Morgan fingerprint density at radius 3 is 1.01 bits per heavy atom. The van der Waals surface area contributed by atoms with Crippen LogP contribution in [0.5, 0.6) is 0 Å². The van der Waals surface area contributed by atoms with E-state index in [1.807, 2.05) is 12.1 Å². The Hall–Kier alpha value is -8.92. The van der Waals surface area contributed by atoms with Crippen LogP contribution in [0.15, 0.2) is 206 Å². The zero-order chi connectivity index (χ0) is 49.4. The first-order valence-corrected chi connectivity index (χ1v) is 24.1. The van der Waals surface area contributed by atoms with Crippen LogP contribution in [-0.2, 0) is 6.18 Å². The van der Waals surface area contributed by atoms with Gasteiger partial charge < -0.3 is 9.13 Å². The largest absolute Gasteiger partial charge is 0.416 e. The molecule has 0 unspecified atom stereocenters. The molecule has 2 heterocycles. The van der Waals surface area contributed by atoms with Gasteiger partial charge >= 0.3 is 6.18 Å². The molecule has 0 bridgehead atoms. The second-order valence-corrected chi connectivity index (χ2v) is 19.1. The summed E-state index contributed by atoms with van der Waals surface area (Å²) < 4.78 is 48.5. The first kappa shape index (κ1) is 44.3. The van der Waals surface area contributed by atoms with Crippen LogP contribution in [0.25, 0.3) is 111 Å². The van der Waals surface area contributed by atoms with Gasteiger partial charge in [-0.25, -0.2) is 0 Å². The fraction of sp³-hybridized carbons (Fsp3) is 0.0758. The van der Waals surface area contributed by atoms with Crippen molar-refractivity contribution in [3.63, 3.8) is 0 Å². The molecule has 3 nitrogen and oxygen atoms in total. The summed E-state index contributed by atoms with van der Waals surface area (Å²) in [7, 11) is 0. The van der Waals surface area contributed by atoms with Crippen molar-refractivity contribution in [1.82, 2.24) is 9.13 Å². The van der Waals surface area contributed by atoms with Gasteiger partial charge in [0, 0.05) is 27.1 Å². The van der Waals surface area contributed by atoms with Crippen LogP contribution >= 0.6 is 0 Å². The first-order valence-electron chi connectivity index (χ1n) is 24.1. The number of aryl methyl sites for hydroxylation is 4. The van der Waals surface area contributed by atoms with Gasteiger partial charge in [0.05, 0.1) is 44.6 Å². The van der Waals surface area contributed by atoms with Crippen molar-refractivity contribution in [2.24, 2.45) is 0 Å². The molecule has 0 amide bonds. The van der Waals surface area contributed by atoms with Crippen molar-refractivity contribution in [2.75, 3.05) is 0 Å². The number of benzene rings is 10. The van der Waals surface area contributed by atoms with Crippen molar-refractivity contribution in [3.05, 3.63) is 240 Å². The highest BCUT2D eigenvalue weighted by Gasteiger charge is 2.31. The van der Waals surface area contributed by atoms with E-state index in [9.17, 15) is 18.4 Å². The highest BCUT2D eigenvalue weighted by atomic mass is 19.4. The normalized spacial score (nSPS) is 11.8. The van der Waals surface area contributed by atoms with Crippen molar-refractivity contribution in [2.45, 2.75) is 33.9 Å². The van der Waals surface area contributed by atoms with E-state index in [4.69, 9.17) is 0 Å². The summed E-state index contributed by atoms with van der Waals surface area (Å²) in [5.74, 6) is 0. The van der Waals surface area contributed by atoms with Gasteiger partial charge in [-0.1, -0.05) is 156 Å². The van der Waals surface area contributed by atoms with Crippen LogP contribution in [0.1, 0.15) is 33.4 Å². The summed E-state index contributed by atoms with van der Waals surface area (Å²) in [4.78, 5) is 0. The molecule has 0 saturated carbocycles. The number of aromatic nitrogens is 2. The third-order valence-corrected chi connectivity index (χ3v) is 14.3. The lowest BCUT2D eigenvalue weighted by Gasteiger charge is -2.19. The van der Waals surface area contributed by atoms with Gasteiger partial charge in [0.15, 0.2) is 0 Å². The van der Waals surface area contributed by atoms with E-state index in [0.29, 0.717) is 28.1 Å². The molecule has 0 aliphatic carbocycles. The van der Waals surface area contributed by atoms with Gasteiger partial charge in [0.2, 0.25) is 0 Å². The summed E-state index contributed by atoms with van der Waals surface area (Å²) in [6.07, 6.45) is -4.59. The minimum atomic E-state index is -4.59. The molecule has 0 fully saturated rings. The molecule has 10 aromatic carbocycles. The maximum Gasteiger partial charge on any atom is 0.416 e. The number of hydrogen-bond acceptors (Lipinski definition) is 1. The van der Waals surface area contributed by atoms with Crippen LogP contribution in [0.2, 0.25) is 0 Å². The third-order valence-electron chi connectivity index (χ3n) is 14.3. The number of hydrogen-bond donors (Lipinski definition) is 0. The van der Waals surface area contributed by atoms with Crippen molar-refractivity contribution in [3.8, 4) is 73.1 Å². The molecule has 72 heavy (non-hydrogen) atoms. The highest BCUT2D eigenvalue weighted by Crippen LogP contribution is 2.44. The summed E-state index contributed by atoms with van der Waals surface area (Å²) in [6, 6.07) is 71.3. The second-order valence-electron chi connectivity index (χ2n) is 19.1. The Bertz CT molecular complexity index is 3940. The Labute approximate surface area is 415 Å². The van der Waals surface area contributed by atoms with E-state index in [1.165, 1.54) is 23.3 Å². The fourth-order valence-corrected chi connectivity index (χ4v) is 10.4. The van der Waals surface area contributed by atoms with E-state index in [2.05, 4.69) is 213 Å². The molecule has 0 spiro atoms. The molecule has 346 valence electrons. The number of nitriles is 1. The van der Waals surface area contributed by atoms with Crippen LogP contribution in [-0.4, -0.2) is 9.13 Å². The molecule has 12 rings (SSSR count). The van der Waals surface area contributed by atoms with E-state index >= 15 is 0 Å². The SMILES string of the molecule is Cc1ccc(-c2ccc3c(c2)c2cc(-c4ccc(C)cc4)ccc2n3-c2cc(-c3cccc(C(F)(F)F)c3)c(-n3c4ccc(-c5ccc(C)cc5)cc4c4cc(-c5ccc(C)cc5)ccc43)cc2C#N)cc1. The molecule has 0 N–H and O–H groups in total. The Morgan fingerprint density at radius 2 is 0.681 bits per heavy atom.